The van der Waals surface area contributed by atoms with Crippen LogP contribution in [-0.4, -0.2) is 43.0 Å². The summed E-state index contributed by atoms with van der Waals surface area (Å²) in [5, 5.41) is 10.0. The molecule has 1 atom stereocenters. The lowest BCUT2D eigenvalue weighted by Gasteiger charge is -2.13. The van der Waals surface area contributed by atoms with Crippen molar-refractivity contribution in [3.05, 3.63) is 52.4 Å². The minimum Gasteiger partial charge on any atom is -0.493 e. The summed E-state index contributed by atoms with van der Waals surface area (Å²) in [6.45, 7) is 1.76. The van der Waals surface area contributed by atoms with Crippen molar-refractivity contribution in [2.45, 2.75) is 44.4 Å². The van der Waals surface area contributed by atoms with Crippen LogP contribution in [0.25, 0.3) is 10.6 Å². The molecular weight excluding hydrogens is 466 g/mol. The van der Waals surface area contributed by atoms with Gasteiger partial charge in [0.25, 0.3) is 0 Å². The van der Waals surface area contributed by atoms with Gasteiger partial charge < -0.3 is 24.1 Å². The van der Waals surface area contributed by atoms with Crippen LogP contribution >= 0.6 is 11.3 Å². The number of rotatable bonds is 10. The molecule has 0 unspecified atom stereocenters. The molecule has 8 heteroatoms. The lowest BCUT2D eigenvalue weighted by atomic mass is 9.98. The van der Waals surface area contributed by atoms with Gasteiger partial charge in [-0.2, -0.15) is 0 Å². The average molecular weight is 496 g/mol. The number of hydrogen-bond donors (Lipinski definition) is 1. The number of methoxy groups -OCH3 is 1. The number of nitrogens with zero attached hydrogens (tertiary/aromatic N) is 1. The second-order valence-electron chi connectivity index (χ2n) is 8.81. The first-order chi connectivity index (χ1) is 17.1. The van der Waals surface area contributed by atoms with Crippen molar-refractivity contribution in [2.24, 2.45) is 0 Å². The highest BCUT2D eigenvalue weighted by Crippen LogP contribution is 2.39. The molecule has 2 aliphatic rings. The number of aromatic nitrogens is 1. The minimum atomic E-state index is -0.744. The predicted octanol–water partition coefficient (Wildman–Crippen LogP) is 5.50. The number of carboxylic acid groups (broad SMARTS) is 1. The van der Waals surface area contributed by atoms with Gasteiger partial charge in [0.15, 0.2) is 11.5 Å². The summed E-state index contributed by atoms with van der Waals surface area (Å²) in [5.41, 5.74) is 3.33. The molecule has 0 amide bonds. The van der Waals surface area contributed by atoms with Gasteiger partial charge in [-0.25, -0.2) is 4.98 Å². The Morgan fingerprint density at radius 3 is 2.86 bits per heavy atom. The van der Waals surface area contributed by atoms with E-state index in [4.69, 9.17) is 24.1 Å². The topological polar surface area (TPSA) is 87.1 Å². The third-order valence-corrected chi connectivity index (χ3v) is 7.56. The van der Waals surface area contributed by atoms with Crippen LogP contribution in [0.5, 0.6) is 23.1 Å². The van der Waals surface area contributed by atoms with Crippen LogP contribution in [0, 0.1) is 0 Å². The number of fused-ring (bicyclic) bond motifs is 2. The number of aryl methyl sites for hydroxylation is 2. The highest BCUT2D eigenvalue weighted by Gasteiger charge is 2.25. The summed E-state index contributed by atoms with van der Waals surface area (Å²) in [4.78, 5) is 16.9. The largest absolute Gasteiger partial charge is 0.493 e. The zero-order valence-electron chi connectivity index (χ0n) is 19.7. The van der Waals surface area contributed by atoms with Gasteiger partial charge in [0.2, 0.25) is 5.88 Å². The summed E-state index contributed by atoms with van der Waals surface area (Å²) in [6.07, 6.45) is 4.76. The molecule has 35 heavy (non-hydrogen) atoms. The van der Waals surface area contributed by atoms with E-state index >= 15 is 0 Å². The predicted molar refractivity (Wildman–Crippen MR) is 133 cm³/mol. The molecule has 0 saturated carbocycles. The van der Waals surface area contributed by atoms with Gasteiger partial charge >= 0.3 is 5.97 Å². The van der Waals surface area contributed by atoms with Crippen molar-refractivity contribution < 1.29 is 28.8 Å². The monoisotopic (exact) mass is 495 g/mol. The molecule has 0 bridgehead atoms. The van der Waals surface area contributed by atoms with Crippen LogP contribution in [-0.2, 0) is 17.6 Å². The molecule has 1 N–H and O–H groups in total. The van der Waals surface area contributed by atoms with Crippen LogP contribution < -0.4 is 18.9 Å². The van der Waals surface area contributed by atoms with E-state index in [0.717, 1.165) is 66.5 Å². The Morgan fingerprint density at radius 2 is 2.03 bits per heavy atom. The molecular formula is C27H29NO6S. The SMILES string of the molecule is COc1cc(-c2nc3c(s2)CCCO3)ccc1OCCCOc1ccc2c(c1)CC[C@H]2CC(=O)O. The first-order valence-electron chi connectivity index (χ1n) is 12.0. The molecule has 2 aromatic carbocycles. The molecule has 0 radical (unpaired) electrons. The van der Waals surface area contributed by atoms with E-state index in [-0.39, 0.29) is 12.3 Å². The van der Waals surface area contributed by atoms with Gasteiger partial charge in [-0.15, -0.1) is 11.3 Å². The molecule has 0 spiro atoms. The number of thiazole rings is 1. The third-order valence-electron chi connectivity index (χ3n) is 6.41. The number of hydrogen-bond acceptors (Lipinski definition) is 7. The van der Waals surface area contributed by atoms with Crippen molar-refractivity contribution >= 4 is 17.3 Å². The molecule has 5 rings (SSSR count). The highest BCUT2D eigenvalue weighted by molar-refractivity contribution is 7.15. The summed E-state index contributed by atoms with van der Waals surface area (Å²) in [6, 6.07) is 11.9. The molecule has 1 aliphatic carbocycles. The number of carboxylic acids is 1. The van der Waals surface area contributed by atoms with Crippen molar-refractivity contribution in [3.63, 3.8) is 0 Å². The minimum absolute atomic E-state index is 0.112. The number of benzene rings is 2. The Morgan fingerprint density at radius 1 is 1.14 bits per heavy atom. The van der Waals surface area contributed by atoms with Crippen LogP contribution in [0.15, 0.2) is 36.4 Å². The van der Waals surface area contributed by atoms with Crippen LogP contribution in [0.1, 0.15) is 47.6 Å². The normalized spacial score (nSPS) is 16.2. The molecule has 0 saturated heterocycles. The third kappa shape index (κ3) is 5.37. The van der Waals surface area contributed by atoms with Crippen LogP contribution in [0.3, 0.4) is 0 Å². The highest BCUT2D eigenvalue weighted by atomic mass is 32.1. The molecule has 184 valence electrons. The lowest BCUT2D eigenvalue weighted by Crippen LogP contribution is -2.06. The van der Waals surface area contributed by atoms with Gasteiger partial charge in [0.05, 0.1) is 38.2 Å². The van der Waals surface area contributed by atoms with Crippen molar-refractivity contribution in [1.82, 2.24) is 4.98 Å². The van der Waals surface area contributed by atoms with Crippen LogP contribution in [0.2, 0.25) is 0 Å². The fourth-order valence-corrected chi connectivity index (χ4v) is 5.72. The van der Waals surface area contributed by atoms with Crippen LogP contribution in [0.4, 0.5) is 0 Å². The number of aliphatic carboxylic acids is 1. The van der Waals surface area contributed by atoms with Gasteiger partial charge in [0, 0.05) is 12.0 Å². The van der Waals surface area contributed by atoms with Crippen molar-refractivity contribution in [1.29, 1.82) is 0 Å². The molecule has 1 aliphatic heterocycles. The fraction of sp³-hybridized carbons (Fsp3) is 0.407. The van der Waals surface area contributed by atoms with Gasteiger partial charge in [0.1, 0.15) is 10.8 Å². The van der Waals surface area contributed by atoms with Crippen molar-refractivity contribution in [3.8, 4) is 33.7 Å². The molecule has 0 fully saturated rings. The quantitative estimate of drug-likeness (QED) is 0.372. The fourth-order valence-electron chi connectivity index (χ4n) is 4.68. The van der Waals surface area contributed by atoms with Gasteiger partial charge in [-0.1, -0.05) is 6.07 Å². The van der Waals surface area contributed by atoms with E-state index in [1.165, 1.54) is 10.4 Å². The summed E-state index contributed by atoms with van der Waals surface area (Å²) < 4.78 is 23.1. The van der Waals surface area contributed by atoms with E-state index in [1.807, 2.05) is 36.4 Å². The zero-order chi connectivity index (χ0) is 24.2. The zero-order valence-corrected chi connectivity index (χ0v) is 20.6. The Labute approximate surface area is 208 Å². The number of carbonyl (C=O) groups is 1. The summed E-state index contributed by atoms with van der Waals surface area (Å²) in [7, 11) is 1.64. The van der Waals surface area contributed by atoms with E-state index in [0.29, 0.717) is 24.7 Å². The molecule has 1 aromatic heterocycles. The standard InChI is InChI=1S/C27H29NO6S/c1-31-23-15-19(27-28-26-24(35-27)4-2-11-34-26)7-10-22(23)33-13-3-12-32-20-8-9-21-17(14-20)5-6-18(21)16-25(29)30/h7-10,14-15,18H,2-6,11-13,16H2,1H3,(H,29,30)/t18-/m0/s1. The lowest BCUT2D eigenvalue weighted by molar-refractivity contribution is -0.137. The average Bonchev–Trinajstić information content (AvgIpc) is 3.47. The maximum absolute atomic E-state index is 11.0. The maximum atomic E-state index is 11.0. The Bertz CT molecular complexity index is 1180. The summed E-state index contributed by atoms with van der Waals surface area (Å²) in [5.74, 6) is 2.31. The summed E-state index contributed by atoms with van der Waals surface area (Å²) >= 11 is 1.67. The Hall–Kier alpha value is -3.26. The second kappa shape index (κ2) is 10.6. The van der Waals surface area contributed by atoms with E-state index < -0.39 is 5.97 Å². The van der Waals surface area contributed by atoms with Crippen molar-refractivity contribution in [2.75, 3.05) is 26.9 Å². The molecule has 7 nitrogen and oxygen atoms in total. The maximum Gasteiger partial charge on any atom is 0.303 e. The van der Waals surface area contributed by atoms with E-state index in [2.05, 4.69) is 4.98 Å². The smallest absolute Gasteiger partial charge is 0.303 e. The molecule has 2 heterocycles. The molecule has 3 aromatic rings. The Balaban J connectivity index is 1.12. The van der Waals surface area contributed by atoms with E-state index in [1.54, 1.807) is 18.4 Å². The first kappa shape index (κ1) is 23.5. The van der Waals surface area contributed by atoms with Gasteiger partial charge in [-0.05, 0) is 73.1 Å². The van der Waals surface area contributed by atoms with E-state index in [9.17, 15) is 4.79 Å². The Kier molecular flexibility index (Phi) is 7.08. The number of ether oxygens (including phenoxy) is 4. The second-order valence-corrected chi connectivity index (χ2v) is 9.89. The van der Waals surface area contributed by atoms with Gasteiger partial charge in [-0.3, -0.25) is 4.79 Å². The first-order valence-corrected chi connectivity index (χ1v) is 12.8.